The molecule has 114 valence electrons. The molecule has 0 unspecified atom stereocenters. The summed E-state index contributed by atoms with van der Waals surface area (Å²) in [5.41, 5.74) is 6.35. The van der Waals surface area contributed by atoms with E-state index in [0.29, 0.717) is 35.4 Å². The van der Waals surface area contributed by atoms with Gasteiger partial charge in [0.1, 0.15) is 18.2 Å². The Kier molecular flexibility index (Phi) is 5.55. The van der Waals surface area contributed by atoms with Gasteiger partial charge in [-0.3, -0.25) is 4.79 Å². The number of fused-ring (bicyclic) bond motifs is 1. The minimum Gasteiger partial charge on any atom is -0.370 e. The SMILES string of the molecule is NC(=O)COCCn1c(CCCl)nc2cc(F)c(Br)cc21. The predicted molar refractivity (Wildman–Crippen MR) is 81.8 cm³/mol. The van der Waals surface area contributed by atoms with Gasteiger partial charge in [-0.25, -0.2) is 9.37 Å². The van der Waals surface area contributed by atoms with Crippen LogP contribution in [0.2, 0.25) is 0 Å². The molecular weight excluding hydrogens is 365 g/mol. The number of primary amides is 1. The van der Waals surface area contributed by atoms with E-state index < -0.39 is 5.91 Å². The Labute approximate surface area is 134 Å². The molecule has 0 bridgehead atoms. The molecule has 5 nitrogen and oxygen atoms in total. The molecule has 0 radical (unpaired) electrons. The summed E-state index contributed by atoms with van der Waals surface area (Å²) in [5, 5.41) is 0. The number of carbonyl (C=O) groups excluding carboxylic acids is 1. The topological polar surface area (TPSA) is 70.1 Å². The van der Waals surface area contributed by atoms with Crippen LogP contribution in [0.25, 0.3) is 11.0 Å². The fourth-order valence-electron chi connectivity index (χ4n) is 2.02. The first-order valence-corrected chi connectivity index (χ1v) is 7.62. The van der Waals surface area contributed by atoms with E-state index in [1.165, 1.54) is 6.07 Å². The molecule has 0 aliphatic carbocycles. The van der Waals surface area contributed by atoms with Crippen LogP contribution in [0.3, 0.4) is 0 Å². The second-order valence-electron chi connectivity index (χ2n) is 4.39. The molecule has 21 heavy (non-hydrogen) atoms. The van der Waals surface area contributed by atoms with Crippen molar-refractivity contribution in [3.8, 4) is 0 Å². The summed E-state index contributed by atoms with van der Waals surface area (Å²) < 4.78 is 21.0. The minimum atomic E-state index is -0.517. The summed E-state index contributed by atoms with van der Waals surface area (Å²) in [6, 6.07) is 3.04. The van der Waals surface area contributed by atoms with Crippen molar-refractivity contribution in [1.82, 2.24) is 9.55 Å². The molecule has 2 N–H and O–H groups in total. The average Bonchev–Trinajstić information content (AvgIpc) is 2.73. The van der Waals surface area contributed by atoms with Crippen LogP contribution in [-0.4, -0.2) is 34.6 Å². The van der Waals surface area contributed by atoms with Gasteiger partial charge in [-0.15, -0.1) is 11.6 Å². The largest absolute Gasteiger partial charge is 0.370 e. The monoisotopic (exact) mass is 377 g/mol. The average molecular weight is 379 g/mol. The molecule has 0 aliphatic rings. The Hall–Kier alpha value is -1.18. The van der Waals surface area contributed by atoms with Gasteiger partial charge >= 0.3 is 0 Å². The Bertz CT molecular complexity index is 662. The van der Waals surface area contributed by atoms with Gasteiger partial charge < -0.3 is 15.0 Å². The van der Waals surface area contributed by atoms with Gasteiger partial charge in [0.05, 0.1) is 22.1 Å². The minimum absolute atomic E-state index is 0.129. The zero-order valence-electron chi connectivity index (χ0n) is 11.1. The van der Waals surface area contributed by atoms with Crippen LogP contribution < -0.4 is 5.73 Å². The lowest BCUT2D eigenvalue weighted by Crippen LogP contribution is -2.20. The molecule has 1 aromatic heterocycles. The van der Waals surface area contributed by atoms with Gasteiger partial charge in [0.2, 0.25) is 5.91 Å². The van der Waals surface area contributed by atoms with Gasteiger partial charge in [0.25, 0.3) is 0 Å². The molecule has 1 amide bonds. The highest BCUT2D eigenvalue weighted by Crippen LogP contribution is 2.24. The Morgan fingerprint density at radius 3 is 2.95 bits per heavy atom. The maximum Gasteiger partial charge on any atom is 0.243 e. The number of nitrogens with zero attached hydrogens (tertiary/aromatic N) is 2. The van der Waals surface area contributed by atoms with E-state index in [1.54, 1.807) is 6.07 Å². The molecule has 1 heterocycles. The highest BCUT2D eigenvalue weighted by molar-refractivity contribution is 9.10. The van der Waals surface area contributed by atoms with Crippen LogP contribution in [0, 0.1) is 5.82 Å². The molecule has 1 aromatic carbocycles. The van der Waals surface area contributed by atoms with Gasteiger partial charge in [0, 0.05) is 24.9 Å². The lowest BCUT2D eigenvalue weighted by Gasteiger charge is -2.09. The maximum absolute atomic E-state index is 13.6. The molecule has 0 atom stereocenters. The van der Waals surface area contributed by atoms with Crippen molar-refractivity contribution in [3.63, 3.8) is 0 Å². The van der Waals surface area contributed by atoms with Crippen molar-refractivity contribution in [3.05, 3.63) is 28.2 Å². The van der Waals surface area contributed by atoms with Crippen LogP contribution in [-0.2, 0) is 22.5 Å². The zero-order valence-corrected chi connectivity index (χ0v) is 13.5. The second kappa shape index (κ2) is 7.20. The van der Waals surface area contributed by atoms with Crippen LogP contribution in [0.1, 0.15) is 5.82 Å². The van der Waals surface area contributed by atoms with E-state index in [-0.39, 0.29) is 12.4 Å². The third-order valence-electron chi connectivity index (χ3n) is 2.89. The van der Waals surface area contributed by atoms with Crippen LogP contribution in [0.4, 0.5) is 4.39 Å². The van der Waals surface area contributed by atoms with Gasteiger partial charge in [-0.05, 0) is 22.0 Å². The number of halogens is 3. The Morgan fingerprint density at radius 2 is 2.29 bits per heavy atom. The number of imidazole rings is 1. The number of aryl methyl sites for hydroxylation is 1. The Balaban J connectivity index is 2.27. The number of ether oxygens (including phenoxy) is 1. The maximum atomic E-state index is 13.6. The van der Waals surface area contributed by atoms with E-state index in [2.05, 4.69) is 20.9 Å². The lowest BCUT2D eigenvalue weighted by atomic mass is 10.3. The summed E-state index contributed by atoms with van der Waals surface area (Å²) in [5.74, 6) is 0.279. The van der Waals surface area contributed by atoms with E-state index in [0.717, 1.165) is 11.3 Å². The van der Waals surface area contributed by atoms with Crippen molar-refractivity contribution in [2.24, 2.45) is 5.73 Å². The third-order valence-corrected chi connectivity index (χ3v) is 3.69. The van der Waals surface area contributed by atoms with Crippen LogP contribution in [0.5, 0.6) is 0 Å². The van der Waals surface area contributed by atoms with Crippen molar-refractivity contribution in [2.45, 2.75) is 13.0 Å². The van der Waals surface area contributed by atoms with E-state index in [1.807, 2.05) is 4.57 Å². The van der Waals surface area contributed by atoms with Crippen molar-refractivity contribution >= 4 is 44.5 Å². The molecule has 0 saturated heterocycles. The number of hydrogen-bond donors (Lipinski definition) is 1. The molecule has 0 fully saturated rings. The van der Waals surface area contributed by atoms with Crippen molar-refractivity contribution < 1.29 is 13.9 Å². The first-order valence-electron chi connectivity index (χ1n) is 6.29. The third kappa shape index (κ3) is 3.93. The van der Waals surface area contributed by atoms with Gasteiger partial charge in [-0.1, -0.05) is 0 Å². The second-order valence-corrected chi connectivity index (χ2v) is 5.62. The molecule has 8 heteroatoms. The zero-order chi connectivity index (χ0) is 15.4. The number of alkyl halides is 1. The quantitative estimate of drug-likeness (QED) is 0.593. The number of carbonyl (C=O) groups is 1. The van der Waals surface area contributed by atoms with Crippen LogP contribution >= 0.6 is 27.5 Å². The fraction of sp³-hybridized carbons (Fsp3) is 0.385. The Morgan fingerprint density at radius 1 is 1.52 bits per heavy atom. The fourth-order valence-corrected chi connectivity index (χ4v) is 2.52. The number of rotatable bonds is 7. The highest BCUT2D eigenvalue weighted by Gasteiger charge is 2.13. The number of aromatic nitrogens is 2. The molecule has 2 aromatic rings. The summed E-state index contributed by atoms with van der Waals surface area (Å²) >= 11 is 8.94. The van der Waals surface area contributed by atoms with Crippen molar-refractivity contribution in [1.29, 1.82) is 0 Å². The van der Waals surface area contributed by atoms with Gasteiger partial charge in [-0.2, -0.15) is 0 Å². The van der Waals surface area contributed by atoms with Gasteiger partial charge in [0.15, 0.2) is 0 Å². The number of hydrogen-bond acceptors (Lipinski definition) is 3. The summed E-state index contributed by atoms with van der Waals surface area (Å²) in [6.45, 7) is 0.655. The van der Waals surface area contributed by atoms with E-state index in [4.69, 9.17) is 22.1 Å². The summed E-state index contributed by atoms with van der Waals surface area (Å²) in [4.78, 5) is 15.0. The van der Waals surface area contributed by atoms with Crippen molar-refractivity contribution in [2.75, 3.05) is 19.1 Å². The molecular formula is C13H14BrClFN3O2. The normalized spacial score (nSPS) is 11.2. The molecule has 0 spiro atoms. The predicted octanol–water partition coefficient (Wildman–Crippen LogP) is 2.22. The molecule has 0 aliphatic heterocycles. The summed E-state index contributed by atoms with van der Waals surface area (Å²) in [7, 11) is 0. The first kappa shape index (κ1) is 16.2. The number of amides is 1. The summed E-state index contributed by atoms with van der Waals surface area (Å²) in [6.07, 6.45) is 0.561. The van der Waals surface area contributed by atoms with Crippen LogP contribution in [0.15, 0.2) is 16.6 Å². The number of benzene rings is 1. The lowest BCUT2D eigenvalue weighted by molar-refractivity contribution is -0.122. The standard InChI is InChI=1S/C13H14BrClFN3O2/c14-8-5-11-10(6-9(8)16)18-13(1-2-15)19(11)3-4-21-7-12(17)20/h5-6H,1-4,7H2,(H2,17,20). The highest BCUT2D eigenvalue weighted by atomic mass is 79.9. The smallest absolute Gasteiger partial charge is 0.243 e. The molecule has 2 rings (SSSR count). The first-order chi connectivity index (χ1) is 10.0. The number of nitrogens with two attached hydrogens (primary N) is 1. The molecule has 0 saturated carbocycles. The van der Waals surface area contributed by atoms with E-state index in [9.17, 15) is 9.18 Å². The van der Waals surface area contributed by atoms with E-state index >= 15 is 0 Å².